The van der Waals surface area contributed by atoms with Crippen LogP contribution in [0.4, 0.5) is 0 Å². The predicted octanol–water partition coefficient (Wildman–Crippen LogP) is 4.12. The fourth-order valence-electron chi connectivity index (χ4n) is 3.64. The number of furan rings is 1. The Labute approximate surface area is 174 Å². The van der Waals surface area contributed by atoms with Crippen molar-refractivity contribution in [3.05, 3.63) is 77.8 Å². The number of rotatable bonds is 5. The summed E-state index contributed by atoms with van der Waals surface area (Å²) >= 11 is 5.55. The van der Waals surface area contributed by atoms with E-state index >= 15 is 0 Å². The van der Waals surface area contributed by atoms with Gasteiger partial charge >= 0.3 is 5.97 Å². The molecule has 1 saturated heterocycles. The van der Waals surface area contributed by atoms with Crippen LogP contribution >= 0.6 is 12.2 Å². The van der Waals surface area contributed by atoms with Crippen molar-refractivity contribution >= 4 is 23.3 Å². The van der Waals surface area contributed by atoms with E-state index in [2.05, 4.69) is 22.1 Å². The van der Waals surface area contributed by atoms with E-state index in [0.29, 0.717) is 16.4 Å². The minimum atomic E-state index is -0.378. The molecule has 29 heavy (non-hydrogen) atoms. The Hall–Kier alpha value is -3.19. The molecule has 6 nitrogen and oxygen atoms in total. The Kier molecular flexibility index (Phi) is 5.31. The highest BCUT2D eigenvalue weighted by Gasteiger charge is 2.40. The molecule has 4 rings (SSSR count). The standard InChI is InChI=1S/C22H21N3O3S/c1-3-25-20(19(24-22(25)29)16-9-4-5-12-23-16)18-11-10-17(28-18)14-7-6-8-15(13-14)21(26)27-2/h4-13,19-20H,3H2,1-2H3,(H,24,29)/t19-,20+/m0/s1. The van der Waals surface area contributed by atoms with Gasteiger partial charge in [-0.15, -0.1) is 0 Å². The maximum Gasteiger partial charge on any atom is 0.337 e. The zero-order chi connectivity index (χ0) is 20.4. The lowest BCUT2D eigenvalue weighted by molar-refractivity contribution is 0.0601. The highest BCUT2D eigenvalue weighted by atomic mass is 32.1. The van der Waals surface area contributed by atoms with Gasteiger partial charge in [0.2, 0.25) is 0 Å². The second-order valence-corrected chi connectivity index (χ2v) is 7.07. The summed E-state index contributed by atoms with van der Waals surface area (Å²) in [5.41, 5.74) is 2.19. The molecule has 0 bridgehead atoms. The lowest BCUT2D eigenvalue weighted by atomic mass is 10.0. The lowest BCUT2D eigenvalue weighted by Gasteiger charge is -2.24. The predicted molar refractivity (Wildman–Crippen MR) is 113 cm³/mol. The van der Waals surface area contributed by atoms with Crippen LogP contribution in [0.1, 0.15) is 40.8 Å². The van der Waals surface area contributed by atoms with Crippen LogP contribution in [0.5, 0.6) is 0 Å². The van der Waals surface area contributed by atoms with Gasteiger partial charge in [0, 0.05) is 18.3 Å². The van der Waals surface area contributed by atoms with Gasteiger partial charge < -0.3 is 19.4 Å². The van der Waals surface area contributed by atoms with Crippen molar-refractivity contribution in [3.63, 3.8) is 0 Å². The SMILES string of the molecule is CCN1C(=S)N[C@@H](c2ccccn2)[C@H]1c1ccc(-c2cccc(C(=O)OC)c2)o1. The number of hydrogen-bond acceptors (Lipinski definition) is 5. The molecule has 0 aliphatic carbocycles. The fourth-order valence-corrected chi connectivity index (χ4v) is 4.01. The number of aromatic nitrogens is 1. The number of likely N-dealkylation sites (N-methyl/N-ethyl adjacent to an activating group) is 1. The number of esters is 1. The zero-order valence-corrected chi connectivity index (χ0v) is 17.0. The zero-order valence-electron chi connectivity index (χ0n) is 16.2. The van der Waals surface area contributed by atoms with Crippen molar-refractivity contribution in [1.29, 1.82) is 0 Å². The average Bonchev–Trinajstić information content (AvgIpc) is 3.38. The molecule has 3 heterocycles. The number of hydrogen-bond donors (Lipinski definition) is 1. The molecular formula is C22H21N3O3S. The number of nitrogens with zero attached hydrogens (tertiary/aromatic N) is 2. The molecule has 148 valence electrons. The first kappa shape index (κ1) is 19.1. The van der Waals surface area contributed by atoms with E-state index in [1.807, 2.05) is 42.5 Å². The summed E-state index contributed by atoms with van der Waals surface area (Å²) in [6.07, 6.45) is 1.78. The van der Waals surface area contributed by atoms with Crippen LogP contribution < -0.4 is 5.32 Å². The summed E-state index contributed by atoms with van der Waals surface area (Å²) in [6, 6.07) is 16.7. The van der Waals surface area contributed by atoms with Gasteiger partial charge in [0.15, 0.2) is 5.11 Å². The van der Waals surface area contributed by atoms with E-state index in [9.17, 15) is 4.79 Å². The van der Waals surface area contributed by atoms with E-state index in [1.54, 1.807) is 18.3 Å². The smallest absolute Gasteiger partial charge is 0.337 e. The molecule has 1 aromatic carbocycles. The number of methoxy groups -OCH3 is 1. The van der Waals surface area contributed by atoms with Gasteiger partial charge in [0.05, 0.1) is 24.4 Å². The molecule has 3 aromatic rings. The van der Waals surface area contributed by atoms with Crippen LogP contribution in [0.15, 0.2) is 65.2 Å². The monoisotopic (exact) mass is 407 g/mol. The molecular weight excluding hydrogens is 386 g/mol. The quantitative estimate of drug-likeness (QED) is 0.504. The van der Waals surface area contributed by atoms with E-state index in [4.69, 9.17) is 21.4 Å². The third-order valence-corrected chi connectivity index (χ3v) is 5.38. The van der Waals surface area contributed by atoms with Crippen molar-refractivity contribution < 1.29 is 13.9 Å². The van der Waals surface area contributed by atoms with Gasteiger partial charge in [0.1, 0.15) is 17.6 Å². The molecule has 0 amide bonds. The molecule has 1 fully saturated rings. The molecule has 0 spiro atoms. The van der Waals surface area contributed by atoms with Crippen molar-refractivity contribution in [3.8, 4) is 11.3 Å². The van der Waals surface area contributed by atoms with Crippen LogP contribution in [0.2, 0.25) is 0 Å². The summed E-state index contributed by atoms with van der Waals surface area (Å²) in [7, 11) is 1.37. The van der Waals surface area contributed by atoms with Crippen molar-refractivity contribution in [2.75, 3.05) is 13.7 Å². The molecule has 0 saturated carbocycles. The molecule has 1 N–H and O–H groups in total. The number of ether oxygens (including phenoxy) is 1. The summed E-state index contributed by atoms with van der Waals surface area (Å²) < 4.78 is 11.0. The van der Waals surface area contributed by atoms with E-state index < -0.39 is 0 Å². The summed E-state index contributed by atoms with van der Waals surface area (Å²) in [5, 5.41) is 4.05. The first-order valence-corrected chi connectivity index (χ1v) is 9.79. The second-order valence-electron chi connectivity index (χ2n) is 6.69. The first-order valence-electron chi connectivity index (χ1n) is 9.39. The number of carbonyl (C=O) groups excluding carboxylic acids is 1. The Balaban J connectivity index is 1.70. The number of pyridine rings is 1. The topological polar surface area (TPSA) is 67.6 Å². The van der Waals surface area contributed by atoms with Crippen molar-refractivity contribution in [2.45, 2.75) is 19.0 Å². The number of carbonyl (C=O) groups is 1. The van der Waals surface area contributed by atoms with Crippen LogP contribution in [-0.4, -0.2) is 34.6 Å². The minimum absolute atomic E-state index is 0.107. The third-order valence-electron chi connectivity index (χ3n) is 5.02. The molecule has 0 unspecified atom stereocenters. The lowest BCUT2D eigenvalue weighted by Crippen LogP contribution is -2.29. The van der Waals surface area contributed by atoms with E-state index in [0.717, 1.165) is 23.6 Å². The van der Waals surface area contributed by atoms with Gasteiger partial charge in [-0.1, -0.05) is 18.2 Å². The summed E-state index contributed by atoms with van der Waals surface area (Å²) in [6.45, 7) is 2.80. The largest absolute Gasteiger partial charge is 0.465 e. The maximum atomic E-state index is 11.8. The highest BCUT2D eigenvalue weighted by molar-refractivity contribution is 7.80. The van der Waals surface area contributed by atoms with Crippen LogP contribution in [0.3, 0.4) is 0 Å². The summed E-state index contributed by atoms with van der Waals surface area (Å²) in [4.78, 5) is 18.4. The van der Waals surface area contributed by atoms with Gasteiger partial charge in [0.25, 0.3) is 0 Å². The highest BCUT2D eigenvalue weighted by Crippen LogP contribution is 2.40. The second kappa shape index (κ2) is 8.05. The Bertz CT molecular complexity index is 1030. The molecule has 2 atom stereocenters. The van der Waals surface area contributed by atoms with Crippen LogP contribution in [0.25, 0.3) is 11.3 Å². The maximum absolute atomic E-state index is 11.8. The summed E-state index contributed by atoms with van der Waals surface area (Å²) in [5.74, 6) is 1.09. The Morgan fingerprint density at radius 2 is 2.10 bits per heavy atom. The van der Waals surface area contributed by atoms with Crippen molar-refractivity contribution in [2.24, 2.45) is 0 Å². The normalized spacial score (nSPS) is 18.6. The van der Waals surface area contributed by atoms with E-state index in [1.165, 1.54) is 7.11 Å². The molecule has 0 radical (unpaired) electrons. The van der Waals surface area contributed by atoms with Crippen LogP contribution in [0, 0.1) is 0 Å². The average molecular weight is 407 g/mol. The minimum Gasteiger partial charge on any atom is -0.465 e. The Morgan fingerprint density at radius 1 is 1.24 bits per heavy atom. The van der Waals surface area contributed by atoms with Crippen LogP contribution in [-0.2, 0) is 4.74 Å². The molecule has 7 heteroatoms. The Morgan fingerprint density at radius 3 is 2.83 bits per heavy atom. The van der Waals surface area contributed by atoms with Gasteiger partial charge in [-0.05, 0) is 55.5 Å². The molecule has 1 aliphatic heterocycles. The first-order chi connectivity index (χ1) is 14.1. The third kappa shape index (κ3) is 3.61. The molecule has 2 aromatic heterocycles. The fraction of sp³-hybridized carbons (Fsp3) is 0.227. The van der Waals surface area contributed by atoms with Crippen molar-refractivity contribution in [1.82, 2.24) is 15.2 Å². The number of thiocarbonyl (C=S) groups is 1. The van der Waals surface area contributed by atoms with Gasteiger partial charge in [-0.2, -0.15) is 0 Å². The van der Waals surface area contributed by atoms with E-state index in [-0.39, 0.29) is 18.1 Å². The van der Waals surface area contributed by atoms with Gasteiger partial charge in [-0.3, -0.25) is 4.98 Å². The number of benzene rings is 1. The van der Waals surface area contributed by atoms with Gasteiger partial charge in [-0.25, -0.2) is 4.79 Å². The molecule has 1 aliphatic rings. The number of nitrogens with one attached hydrogen (secondary N) is 1.